The summed E-state index contributed by atoms with van der Waals surface area (Å²) in [7, 11) is 0. The molecule has 5 nitrogen and oxygen atoms in total. The molecule has 1 N–H and O–H groups in total. The third-order valence-electron chi connectivity index (χ3n) is 2.87. The lowest BCUT2D eigenvalue weighted by Crippen LogP contribution is -2.38. The van der Waals surface area contributed by atoms with Gasteiger partial charge < -0.3 is 10.1 Å². The van der Waals surface area contributed by atoms with Crippen molar-refractivity contribution >= 4 is 17.7 Å². The zero-order valence-electron chi connectivity index (χ0n) is 10.4. The Morgan fingerprint density at radius 3 is 2.63 bits per heavy atom. The van der Waals surface area contributed by atoms with Crippen LogP contribution in [0, 0.1) is 0 Å². The largest absolute Gasteiger partial charge is 0.464 e. The van der Waals surface area contributed by atoms with E-state index in [0.717, 1.165) is 5.56 Å². The van der Waals surface area contributed by atoms with Crippen LogP contribution in [0.25, 0.3) is 0 Å². The number of hydrogen-bond donors (Lipinski definition) is 1. The first-order valence-electron chi connectivity index (χ1n) is 6.17. The molecule has 1 aromatic rings. The summed E-state index contributed by atoms with van der Waals surface area (Å²) in [4.78, 5) is 34.5. The third-order valence-corrected chi connectivity index (χ3v) is 2.87. The molecule has 1 amide bonds. The molecule has 5 heteroatoms. The number of esters is 1. The topological polar surface area (TPSA) is 72.5 Å². The summed E-state index contributed by atoms with van der Waals surface area (Å²) < 4.78 is 4.73. The van der Waals surface area contributed by atoms with Crippen LogP contribution in [0.1, 0.15) is 18.4 Å². The maximum atomic E-state index is 11.7. The minimum absolute atomic E-state index is 0.171. The van der Waals surface area contributed by atoms with E-state index in [1.165, 1.54) is 0 Å². The van der Waals surface area contributed by atoms with Crippen LogP contribution in [-0.2, 0) is 25.5 Å². The predicted octanol–water partition coefficient (Wildman–Crippen LogP) is 0.620. The standard InChI is InChI=1S/C14H15NO4/c16-11(8-10-4-2-1-3-5-10)9-13(17)15-12-6-7-19-14(12)18/h1-5,12H,6-9H2,(H,15,17). The molecule has 1 unspecified atom stereocenters. The lowest BCUT2D eigenvalue weighted by molar-refractivity contribution is -0.141. The number of rotatable bonds is 5. The van der Waals surface area contributed by atoms with Crippen molar-refractivity contribution in [3.8, 4) is 0 Å². The van der Waals surface area contributed by atoms with Crippen molar-refractivity contribution in [1.29, 1.82) is 0 Å². The number of ketones is 1. The van der Waals surface area contributed by atoms with Crippen molar-refractivity contribution in [2.75, 3.05) is 6.61 Å². The molecule has 1 aliphatic heterocycles. The summed E-state index contributed by atoms with van der Waals surface area (Å²) in [5.41, 5.74) is 0.876. The molecule has 100 valence electrons. The van der Waals surface area contributed by atoms with Gasteiger partial charge in [-0.2, -0.15) is 0 Å². The maximum absolute atomic E-state index is 11.7. The van der Waals surface area contributed by atoms with E-state index in [-0.39, 0.29) is 18.6 Å². The average Bonchev–Trinajstić information content (AvgIpc) is 2.76. The van der Waals surface area contributed by atoms with Gasteiger partial charge in [-0.15, -0.1) is 0 Å². The molecule has 0 radical (unpaired) electrons. The van der Waals surface area contributed by atoms with Crippen molar-refractivity contribution in [3.05, 3.63) is 35.9 Å². The first-order valence-corrected chi connectivity index (χ1v) is 6.17. The average molecular weight is 261 g/mol. The summed E-state index contributed by atoms with van der Waals surface area (Å²) >= 11 is 0. The highest BCUT2D eigenvalue weighted by Crippen LogP contribution is 2.06. The molecule has 2 rings (SSSR count). The SMILES string of the molecule is O=C(CC(=O)NC1CCOC1=O)Cc1ccccc1. The quantitative estimate of drug-likeness (QED) is 0.623. The van der Waals surface area contributed by atoms with E-state index >= 15 is 0 Å². The van der Waals surface area contributed by atoms with E-state index in [9.17, 15) is 14.4 Å². The van der Waals surface area contributed by atoms with Crippen LogP contribution in [0.5, 0.6) is 0 Å². The highest BCUT2D eigenvalue weighted by Gasteiger charge is 2.28. The Labute approximate surface area is 110 Å². The molecule has 0 saturated carbocycles. The van der Waals surface area contributed by atoms with E-state index in [0.29, 0.717) is 13.0 Å². The van der Waals surface area contributed by atoms with Gasteiger partial charge in [-0.25, -0.2) is 4.79 Å². The van der Waals surface area contributed by atoms with Crippen molar-refractivity contribution in [3.63, 3.8) is 0 Å². The minimum atomic E-state index is -0.600. The summed E-state index contributed by atoms with van der Waals surface area (Å²) in [6.45, 7) is 0.321. The Bertz CT molecular complexity index is 483. The number of Topliss-reactive ketones (excluding diaryl/α,β-unsaturated/α-hetero) is 1. The number of ether oxygens (including phenoxy) is 1. The van der Waals surface area contributed by atoms with Crippen LogP contribution in [0.4, 0.5) is 0 Å². The Kier molecular flexibility index (Phi) is 4.28. The number of amides is 1. The van der Waals surface area contributed by atoms with E-state index in [2.05, 4.69) is 5.32 Å². The third kappa shape index (κ3) is 3.91. The van der Waals surface area contributed by atoms with Gasteiger partial charge in [0.15, 0.2) is 0 Å². The van der Waals surface area contributed by atoms with Crippen LogP contribution in [0.15, 0.2) is 30.3 Å². The fraction of sp³-hybridized carbons (Fsp3) is 0.357. The zero-order chi connectivity index (χ0) is 13.7. The lowest BCUT2D eigenvalue weighted by Gasteiger charge is -2.08. The normalized spacial score (nSPS) is 17.9. The second-order valence-electron chi connectivity index (χ2n) is 4.45. The maximum Gasteiger partial charge on any atom is 0.328 e. The monoisotopic (exact) mass is 261 g/mol. The predicted molar refractivity (Wildman–Crippen MR) is 67.3 cm³/mol. The van der Waals surface area contributed by atoms with Crippen molar-refractivity contribution in [2.24, 2.45) is 0 Å². The summed E-state index contributed by atoms with van der Waals surface area (Å²) in [6.07, 6.45) is 0.486. The molecule has 0 bridgehead atoms. The first-order chi connectivity index (χ1) is 9.15. The molecular weight excluding hydrogens is 246 g/mol. The van der Waals surface area contributed by atoms with Gasteiger partial charge in [0.05, 0.1) is 13.0 Å². The molecule has 1 aromatic carbocycles. The smallest absolute Gasteiger partial charge is 0.328 e. The lowest BCUT2D eigenvalue weighted by atomic mass is 10.1. The van der Waals surface area contributed by atoms with Gasteiger partial charge in [0.1, 0.15) is 11.8 Å². The molecule has 0 aromatic heterocycles. The number of benzene rings is 1. The molecule has 1 fully saturated rings. The van der Waals surface area contributed by atoms with Gasteiger partial charge in [-0.05, 0) is 5.56 Å². The Hall–Kier alpha value is -2.17. The molecule has 0 spiro atoms. The van der Waals surface area contributed by atoms with E-state index in [1.54, 1.807) is 0 Å². The highest BCUT2D eigenvalue weighted by molar-refractivity contribution is 6.00. The number of hydrogen-bond acceptors (Lipinski definition) is 4. The fourth-order valence-electron chi connectivity index (χ4n) is 1.94. The van der Waals surface area contributed by atoms with Gasteiger partial charge in [0, 0.05) is 12.8 Å². The Balaban J connectivity index is 1.79. The van der Waals surface area contributed by atoms with Crippen LogP contribution in [-0.4, -0.2) is 30.3 Å². The van der Waals surface area contributed by atoms with E-state index in [1.807, 2.05) is 30.3 Å². The Morgan fingerprint density at radius 2 is 2.00 bits per heavy atom. The van der Waals surface area contributed by atoms with E-state index < -0.39 is 17.9 Å². The number of carbonyl (C=O) groups is 3. The van der Waals surface area contributed by atoms with Crippen molar-refractivity contribution in [2.45, 2.75) is 25.3 Å². The summed E-state index contributed by atoms with van der Waals surface area (Å²) in [5.74, 6) is -1.02. The molecule has 0 aliphatic carbocycles. The van der Waals surface area contributed by atoms with Crippen LogP contribution >= 0.6 is 0 Å². The molecule has 19 heavy (non-hydrogen) atoms. The van der Waals surface area contributed by atoms with Crippen molar-refractivity contribution < 1.29 is 19.1 Å². The van der Waals surface area contributed by atoms with Crippen molar-refractivity contribution in [1.82, 2.24) is 5.32 Å². The van der Waals surface area contributed by atoms with Gasteiger partial charge in [-0.3, -0.25) is 9.59 Å². The highest BCUT2D eigenvalue weighted by atomic mass is 16.5. The molecule has 1 aliphatic rings. The van der Waals surface area contributed by atoms with Gasteiger partial charge in [0.25, 0.3) is 0 Å². The first kappa shape index (κ1) is 13.3. The number of nitrogens with one attached hydrogen (secondary N) is 1. The molecule has 1 heterocycles. The zero-order valence-corrected chi connectivity index (χ0v) is 10.4. The number of cyclic esters (lactones) is 1. The summed E-state index contributed by atoms with van der Waals surface area (Å²) in [5, 5.41) is 2.51. The van der Waals surface area contributed by atoms with Crippen LogP contribution in [0.2, 0.25) is 0 Å². The second-order valence-corrected chi connectivity index (χ2v) is 4.45. The van der Waals surface area contributed by atoms with Crippen LogP contribution in [0.3, 0.4) is 0 Å². The molecule has 1 saturated heterocycles. The summed E-state index contributed by atoms with van der Waals surface area (Å²) in [6, 6.07) is 8.63. The fourth-order valence-corrected chi connectivity index (χ4v) is 1.94. The Morgan fingerprint density at radius 1 is 1.26 bits per heavy atom. The molecular formula is C14H15NO4. The molecule has 1 atom stereocenters. The van der Waals surface area contributed by atoms with Gasteiger partial charge in [-0.1, -0.05) is 30.3 Å². The van der Waals surface area contributed by atoms with Gasteiger partial charge in [0.2, 0.25) is 5.91 Å². The van der Waals surface area contributed by atoms with E-state index in [4.69, 9.17) is 4.74 Å². The van der Waals surface area contributed by atoms with Gasteiger partial charge >= 0.3 is 5.97 Å². The second kappa shape index (κ2) is 6.13. The minimum Gasteiger partial charge on any atom is -0.464 e. The van der Waals surface area contributed by atoms with Crippen LogP contribution < -0.4 is 5.32 Å². The number of carbonyl (C=O) groups excluding carboxylic acids is 3.